The summed E-state index contributed by atoms with van der Waals surface area (Å²) in [4.78, 5) is 0.242. The summed E-state index contributed by atoms with van der Waals surface area (Å²) in [7, 11) is -2.27. The highest BCUT2D eigenvalue weighted by atomic mass is 35.7. The Morgan fingerprint density at radius 3 is 2.27 bits per heavy atom. The second kappa shape index (κ2) is 5.81. The largest absolute Gasteiger partial charge is 0.261 e. The molecule has 2 aromatic rings. The minimum Gasteiger partial charge on any atom is -0.218 e. The molecule has 1 fully saturated rings. The molecule has 4 rings (SSSR count). The lowest BCUT2D eigenvalue weighted by Gasteiger charge is -2.43. The van der Waals surface area contributed by atoms with Crippen LogP contribution in [0.3, 0.4) is 0 Å². The van der Waals surface area contributed by atoms with E-state index in [1.165, 1.54) is 6.07 Å². The number of sulfone groups is 1. The molecule has 4 nitrogen and oxygen atoms in total. The second-order valence-electron chi connectivity index (χ2n) is 7.19. The van der Waals surface area contributed by atoms with E-state index in [1.54, 1.807) is 25.1 Å². The van der Waals surface area contributed by atoms with Gasteiger partial charge in [0.05, 0.1) is 14.7 Å². The van der Waals surface area contributed by atoms with Crippen molar-refractivity contribution in [2.75, 3.05) is 0 Å². The van der Waals surface area contributed by atoms with Crippen LogP contribution in [0.15, 0.2) is 51.1 Å². The Balaban J connectivity index is 2.14. The highest BCUT2D eigenvalue weighted by molar-refractivity contribution is 8.13. The van der Waals surface area contributed by atoms with Gasteiger partial charge in [-0.1, -0.05) is 43.5 Å². The van der Waals surface area contributed by atoms with Gasteiger partial charge in [-0.05, 0) is 48.6 Å². The summed E-state index contributed by atoms with van der Waals surface area (Å²) < 4.78 is 50.4. The maximum atomic E-state index is 13.3. The molecular formula is C19H19ClO4S2. The molecule has 1 aliphatic heterocycles. The number of hydrogen-bond donors (Lipinski definition) is 0. The molecular weight excluding hydrogens is 392 g/mol. The van der Waals surface area contributed by atoms with Gasteiger partial charge < -0.3 is 0 Å². The van der Waals surface area contributed by atoms with Crippen molar-refractivity contribution in [3.63, 3.8) is 0 Å². The van der Waals surface area contributed by atoms with Gasteiger partial charge in [0.15, 0.2) is 0 Å². The lowest BCUT2D eigenvalue weighted by atomic mass is 9.65. The summed E-state index contributed by atoms with van der Waals surface area (Å²) in [5.74, 6) is 0. The Morgan fingerprint density at radius 2 is 1.62 bits per heavy atom. The molecule has 0 amide bonds. The molecule has 1 heterocycles. The average molecular weight is 411 g/mol. The predicted octanol–water partition coefficient (Wildman–Crippen LogP) is 4.32. The third-order valence-corrected chi connectivity index (χ3v) is 9.06. The molecule has 0 saturated heterocycles. The standard InChI is InChI=1S/C19H19ClO4S2/c1-13-11-15-18(12-17(13)26(20,23)24)25(21,22)16-8-4-3-7-14(16)19(15)9-5-2-6-10-19/h3-4,7-8,11-12H,2,5-6,9-10H2,1H3. The van der Waals surface area contributed by atoms with Crippen LogP contribution in [-0.2, 0) is 24.3 Å². The van der Waals surface area contributed by atoms with Crippen LogP contribution in [0.5, 0.6) is 0 Å². The molecule has 0 atom stereocenters. The minimum atomic E-state index is -4.03. The van der Waals surface area contributed by atoms with Gasteiger partial charge in [0.2, 0.25) is 9.84 Å². The molecule has 1 saturated carbocycles. The Bertz CT molecular complexity index is 1110. The Labute approximate surface area is 158 Å². The normalized spacial score (nSPS) is 20.4. The first-order valence-electron chi connectivity index (χ1n) is 8.62. The first-order valence-corrected chi connectivity index (χ1v) is 12.4. The van der Waals surface area contributed by atoms with E-state index in [-0.39, 0.29) is 20.1 Å². The zero-order chi connectivity index (χ0) is 18.7. The number of aryl methyl sites for hydroxylation is 1. The molecule has 2 aromatic carbocycles. The maximum Gasteiger partial charge on any atom is 0.261 e. The van der Waals surface area contributed by atoms with Crippen molar-refractivity contribution < 1.29 is 16.8 Å². The molecule has 0 N–H and O–H groups in total. The summed E-state index contributed by atoms with van der Waals surface area (Å²) in [6.45, 7) is 1.67. The summed E-state index contributed by atoms with van der Waals surface area (Å²) in [5, 5.41) is 0. The van der Waals surface area contributed by atoms with Gasteiger partial charge in [0.25, 0.3) is 9.05 Å². The molecule has 0 unspecified atom stereocenters. The van der Waals surface area contributed by atoms with Gasteiger partial charge in [-0.3, -0.25) is 0 Å². The average Bonchev–Trinajstić information content (AvgIpc) is 2.60. The minimum absolute atomic E-state index is 0.0860. The topological polar surface area (TPSA) is 68.3 Å². The summed E-state index contributed by atoms with van der Waals surface area (Å²) in [6.07, 6.45) is 4.88. The van der Waals surface area contributed by atoms with Gasteiger partial charge >= 0.3 is 0 Å². The molecule has 26 heavy (non-hydrogen) atoms. The molecule has 1 aliphatic carbocycles. The molecule has 0 aromatic heterocycles. The first-order chi connectivity index (χ1) is 12.2. The zero-order valence-corrected chi connectivity index (χ0v) is 16.7. The van der Waals surface area contributed by atoms with E-state index in [9.17, 15) is 16.8 Å². The Kier molecular flexibility index (Phi) is 4.03. The van der Waals surface area contributed by atoms with Crippen molar-refractivity contribution >= 4 is 29.6 Å². The van der Waals surface area contributed by atoms with Crippen LogP contribution in [0.2, 0.25) is 0 Å². The third kappa shape index (κ3) is 2.46. The van der Waals surface area contributed by atoms with Crippen molar-refractivity contribution in [3.05, 3.63) is 53.1 Å². The third-order valence-electron chi connectivity index (χ3n) is 5.74. The van der Waals surface area contributed by atoms with Gasteiger partial charge in [-0.2, -0.15) is 0 Å². The monoisotopic (exact) mass is 410 g/mol. The van der Waals surface area contributed by atoms with Gasteiger partial charge in [-0.25, -0.2) is 16.8 Å². The van der Waals surface area contributed by atoms with Crippen molar-refractivity contribution in [2.24, 2.45) is 0 Å². The number of benzene rings is 2. The SMILES string of the molecule is Cc1cc2c(cc1S(=O)(=O)Cl)S(=O)(=O)c1ccccc1C21CCCCC1. The molecule has 2 aliphatic rings. The Morgan fingerprint density at radius 1 is 0.962 bits per heavy atom. The van der Waals surface area contributed by atoms with Crippen LogP contribution in [0, 0.1) is 6.92 Å². The zero-order valence-electron chi connectivity index (χ0n) is 14.3. The first kappa shape index (κ1) is 18.0. The number of hydrogen-bond acceptors (Lipinski definition) is 4. The summed E-state index contributed by atoms with van der Waals surface area (Å²) in [6, 6.07) is 10.1. The second-order valence-corrected chi connectivity index (χ2v) is 11.6. The molecule has 138 valence electrons. The van der Waals surface area contributed by atoms with E-state index >= 15 is 0 Å². The van der Waals surface area contributed by atoms with E-state index in [0.29, 0.717) is 5.56 Å². The van der Waals surface area contributed by atoms with Crippen molar-refractivity contribution in [2.45, 2.75) is 59.1 Å². The maximum absolute atomic E-state index is 13.3. The molecule has 0 bridgehead atoms. The van der Waals surface area contributed by atoms with Gasteiger partial charge in [0.1, 0.15) is 0 Å². The van der Waals surface area contributed by atoms with Crippen LogP contribution in [0.1, 0.15) is 48.8 Å². The highest BCUT2D eigenvalue weighted by Crippen LogP contribution is 2.53. The van der Waals surface area contributed by atoms with Gasteiger partial charge in [0, 0.05) is 16.1 Å². The van der Waals surface area contributed by atoms with E-state index in [0.717, 1.165) is 43.2 Å². The fourth-order valence-electron chi connectivity index (χ4n) is 4.58. The van der Waals surface area contributed by atoms with Gasteiger partial charge in [-0.15, -0.1) is 0 Å². The summed E-state index contributed by atoms with van der Waals surface area (Å²) in [5.41, 5.74) is 1.67. The lowest BCUT2D eigenvalue weighted by molar-refractivity contribution is 0.332. The van der Waals surface area contributed by atoms with Crippen molar-refractivity contribution in [1.29, 1.82) is 0 Å². The van der Waals surface area contributed by atoms with Crippen LogP contribution in [0.25, 0.3) is 0 Å². The number of rotatable bonds is 1. The van der Waals surface area contributed by atoms with Crippen LogP contribution < -0.4 is 0 Å². The van der Waals surface area contributed by atoms with E-state index in [1.807, 2.05) is 12.1 Å². The van der Waals surface area contributed by atoms with E-state index in [4.69, 9.17) is 10.7 Å². The van der Waals surface area contributed by atoms with Crippen molar-refractivity contribution in [1.82, 2.24) is 0 Å². The van der Waals surface area contributed by atoms with Crippen LogP contribution in [0.4, 0.5) is 0 Å². The van der Waals surface area contributed by atoms with E-state index in [2.05, 4.69) is 0 Å². The fourth-order valence-corrected chi connectivity index (χ4v) is 7.72. The number of halogens is 1. The molecule has 1 spiro atoms. The molecule has 0 radical (unpaired) electrons. The Hall–Kier alpha value is -1.37. The smallest absolute Gasteiger partial charge is 0.218 e. The van der Waals surface area contributed by atoms with Crippen LogP contribution in [-0.4, -0.2) is 16.8 Å². The van der Waals surface area contributed by atoms with E-state index < -0.39 is 18.9 Å². The molecule has 7 heteroatoms. The number of fused-ring (bicyclic) bond motifs is 4. The summed E-state index contributed by atoms with van der Waals surface area (Å²) >= 11 is 0. The predicted molar refractivity (Wildman–Crippen MR) is 100.0 cm³/mol. The fraction of sp³-hybridized carbons (Fsp3) is 0.368. The van der Waals surface area contributed by atoms with Crippen molar-refractivity contribution in [3.8, 4) is 0 Å². The quantitative estimate of drug-likeness (QED) is 0.656. The lowest BCUT2D eigenvalue weighted by Crippen LogP contribution is -2.37. The van der Waals surface area contributed by atoms with Crippen LogP contribution >= 0.6 is 10.7 Å². The highest BCUT2D eigenvalue weighted by Gasteiger charge is 2.47.